The second kappa shape index (κ2) is 8.63. The van der Waals surface area contributed by atoms with Crippen molar-refractivity contribution in [1.82, 2.24) is 10.2 Å². The monoisotopic (exact) mass is 386 g/mol. The summed E-state index contributed by atoms with van der Waals surface area (Å²) in [6, 6.07) is 1.71. The first-order chi connectivity index (χ1) is 12.6. The Morgan fingerprint density at radius 1 is 1.22 bits per heavy atom. The van der Waals surface area contributed by atoms with Gasteiger partial charge in [0, 0.05) is 19.6 Å². The molecule has 1 aromatic rings. The summed E-state index contributed by atoms with van der Waals surface area (Å²) in [7, 11) is 0. The minimum atomic E-state index is -1.64. The van der Waals surface area contributed by atoms with E-state index in [0.717, 1.165) is 18.6 Å². The number of amides is 2. The number of nitrogens with one attached hydrogen (secondary N) is 1. The van der Waals surface area contributed by atoms with Crippen molar-refractivity contribution in [2.24, 2.45) is 5.92 Å². The molecule has 0 aliphatic carbocycles. The molecule has 0 bridgehead atoms. The maximum Gasteiger partial charge on any atom is 0.407 e. The number of benzene rings is 1. The molecule has 1 fully saturated rings. The zero-order chi connectivity index (χ0) is 20.2. The standard InChI is InChI=1S/C19H25F3N2O3/c1-19(2,3)27-18(26)23-9-8-12-5-4-10-24(11-12)17(25)13-6-7-14(20)16(22)15(13)21/h6-7,12H,4-5,8-11H2,1-3H3,(H,23,26). The van der Waals surface area contributed by atoms with Crippen LogP contribution in [-0.4, -0.2) is 42.1 Å². The fourth-order valence-electron chi connectivity index (χ4n) is 3.04. The molecule has 1 saturated heterocycles. The summed E-state index contributed by atoms with van der Waals surface area (Å²) < 4.78 is 45.5. The Bertz CT molecular complexity index is 704. The molecular formula is C19H25F3N2O3. The number of hydrogen-bond acceptors (Lipinski definition) is 3. The fraction of sp³-hybridized carbons (Fsp3) is 0.579. The van der Waals surface area contributed by atoms with Gasteiger partial charge in [0.05, 0.1) is 5.56 Å². The van der Waals surface area contributed by atoms with Crippen LogP contribution in [0, 0.1) is 23.4 Å². The molecular weight excluding hydrogens is 361 g/mol. The molecule has 2 rings (SSSR count). The van der Waals surface area contributed by atoms with Gasteiger partial charge in [-0.05, 0) is 58.1 Å². The minimum Gasteiger partial charge on any atom is -0.444 e. The molecule has 1 N–H and O–H groups in total. The maximum absolute atomic E-state index is 13.9. The molecule has 1 aromatic carbocycles. The predicted octanol–water partition coefficient (Wildman–Crippen LogP) is 3.87. The van der Waals surface area contributed by atoms with Gasteiger partial charge in [0.1, 0.15) is 5.60 Å². The van der Waals surface area contributed by atoms with E-state index >= 15 is 0 Å². The summed E-state index contributed by atoms with van der Waals surface area (Å²) in [5.74, 6) is -4.97. The van der Waals surface area contributed by atoms with Crippen molar-refractivity contribution in [3.63, 3.8) is 0 Å². The van der Waals surface area contributed by atoms with E-state index in [1.54, 1.807) is 20.8 Å². The minimum absolute atomic E-state index is 0.117. The van der Waals surface area contributed by atoms with E-state index in [1.165, 1.54) is 4.90 Å². The summed E-state index contributed by atoms with van der Waals surface area (Å²) in [4.78, 5) is 25.6. The van der Waals surface area contributed by atoms with E-state index in [4.69, 9.17) is 4.74 Å². The van der Waals surface area contributed by atoms with Crippen LogP contribution in [0.5, 0.6) is 0 Å². The molecule has 1 aliphatic heterocycles. The zero-order valence-corrected chi connectivity index (χ0v) is 15.8. The largest absolute Gasteiger partial charge is 0.444 e. The Balaban J connectivity index is 1.89. The summed E-state index contributed by atoms with van der Waals surface area (Å²) in [6.45, 7) is 6.50. The van der Waals surface area contributed by atoms with E-state index in [-0.39, 0.29) is 5.92 Å². The smallest absolute Gasteiger partial charge is 0.407 e. The second-order valence-electron chi connectivity index (χ2n) is 7.70. The van der Waals surface area contributed by atoms with E-state index in [1.807, 2.05) is 0 Å². The van der Waals surface area contributed by atoms with Crippen LogP contribution < -0.4 is 5.32 Å². The van der Waals surface area contributed by atoms with Crippen LogP contribution in [0.25, 0.3) is 0 Å². The molecule has 2 amide bonds. The van der Waals surface area contributed by atoms with Crippen molar-refractivity contribution >= 4 is 12.0 Å². The lowest BCUT2D eigenvalue weighted by atomic mass is 9.94. The molecule has 1 unspecified atom stereocenters. The number of halogens is 3. The third-order valence-electron chi connectivity index (χ3n) is 4.29. The first-order valence-corrected chi connectivity index (χ1v) is 8.98. The van der Waals surface area contributed by atoms with E-state index in [0.29, 0.717) is 32.5 Å². The average molecular weight is 386 g/mol. The Kier molecular flexibility index (Phi) is 6.73. The third-order valence-corrected chi connectivity index (χ3v) is 4.29. The first-order valence-electron chi connectivity index (χ1n) is 8.98. The van der Waals surface area contributed by atoms with Crippen LogP contribution >= 0.6 is 0 Å². The first kappa shape index (κ1) is 21.1. The van der Waals surface area contributed by atoms with E-state index in [2.05, 4.69) is 5.32 Å². The highest BCUT2D eigenvalue weighted by atomic mass is 19.2. The molecule has 1 aliphatic rings. The van der Waals surface area contributed by atoms with Gasteiger partial charge in [0.25, 0.3) is 5.91 Å². The van der Waals surface area contributed by atoms with Gasteiger partial charge in [-0.15, -0.1) is 0 Å². The molecule has 5 nitrogen and oxygen atoms in total. The lowest BCUT2D eigenvalue weighted by Crippen LogP contribution is -2.41. The van der Waals surface area contributed by atoms with Gasteiger partial charge in [-0.25, -0.2) is 18.0 Å². The highest BCUT2D eigenvalue weighted by molar-refractivity contribution is 5.94. The molecule has 150 valence electrons. The van der Waals surface area contributed by atoms with Crippen molar-refractivity contribution in [2.45, 2.75) is 45.6 Å². The number of alkyl carbamates (subject to hydrolysis) is 1. The van der Waals surface area contributed by atoms with Crippen molar-refractivity contribution in [1.29, 1.82) is 0 Å². The van der Waals surface area contributed by atoms with E-state index < -0.39 is 40.6 Å². The third kappa shape index (κ3) is 5.87. The maximum atomic E-state index is 13.9. The van der Waals surface area contributed by atoms with Crippen LogP contribution in [0.1, 0.15) is 50.4 Å². The molecule has 1 heterocycles. The highest BCUT2D eigenvalue weighted by Gasteiger charge is 2.28. The number of piperidine rings is 1. The number of nitrogens with zero attached hydrogens (tertiary/aromatic N) is 1. The Labute approximate surface area is 156 Å². The number of likely N-dealkylation sites (tertiary alicyclic amines) is 1. The predicted molar refractivity (Wildman–Crippen MR) is 93.8 cm³/mol. The van der Waals surface area contributed by atoms with Crippen LogP contribution in [0.3, 0.4) is 0 Å². The van der Waals surface area contributed by atoms with Gasteiger partial charge in [0.15, 0.2) is 17.5 Å². The van der Waals surface area contributed by atoms with Gasteiger partial charge < -0.3 is 15.0 Å². The van der Waals surface area contributed by atoms with Crippen molar-refractivity contribution in [3.05, 3.63) is 35.1 Å². The summed E-state index contributed by atoms with van der Waals surface area (Å²) in [5, 5.41) is 2.67. The molecule has 1 atom stereocenters. The van der Waals surface area contributed by atoms with Gasteiger partial charge >= 0.3 is 6.09 Å². The van der Waals surface area contributed by atoms with E-state index in [9.17, 15) is 22.8 Å². The summed E-state index contributed by atoms with van der Waals surface area (Å²) in [6.07, 6.45) is 1.70. The molecule has 0 aromatic heterocycles. The van der Waals surface area contributed by atoms with Gasteiger partial charge in [-0.2, -0.15) is 0 Å². The molecule has 0 spiro atoms. The second-order valence-corrected chi connectivity index (χ2v) is 7.70. The number of rotatable bonds is 4. The molecule has 0 radical (unpaired) electrons. The number of carbonyl (C=O) groups is 2. The van der Waals surface area contributed by atoms with Gasteiger partial charge in [-0.3, -0.25) is 4.79 Å². The molecule has 27 heavy (non-hydrogen) atoms. The summed E-state index contributed by atoms with van der Waals surface area (Å²) in [5.41, 5.74) is -1.05. The Morgan fingerprint density at radius 2 is 1.93 bits per heavy atom. The Morgan fingerprint density at radius 3 is 2.59 bits per heavy atom. The van der Waals surface area contributed by atoms with Crippen molar-refractivity contribution in [3.8, 4) is 0 Å². The van der Waals surface area contributed by atoms with Crippen LogP contribution in [0.4, 0.5) is 18.0 Å². The average Bonchev–Trinajstić information content (AvgIpc) is 2.58. The molecule has 0 saturated carbocycles. The quantitative estimate of drug-likeness (QED) is 0.799. The normalized spacial score (nSPS) is 17.6. The van der Waals surface area contributed by atoms with Gasteiger partial charge in [0.2, 0.25) is 0 Å². The lowest BCUT2D eigenvalue weighted by molar-refractivity contribution is 0.0514. The topological polar surface area (TPSA) is 58.6 Å². The van der Waals surface area contributed by atoms with Crippen LogP contribution in [0.15, 0.2) is 12.1 Å². The highest BCUT2D eigenvalue weighted by Crippen LogP contribution is 2.23. The zero-order valence-electron chi connectivity index (χ0n) is 15.8. The lowest BCUT2D eigenvalue weighted by Gasteiger charge is -2.33. The van der Waals surface area contributed by atoms with Crippen LogP contribution in [-0.2, 0) is 4.74 Å². The summed E-state index contributed by atoms with van der Waals surface area (Å²) >= 11 is 0. The van der Waals surface area contributed by atoms with Gasteiger partial charge in [-0.1, -0.05) is 0 Å². The number of ether oxygens (including phenoxy) is 1. The van der Waals surface area contributed by atoms with Crippen molar-refractivity contribution in [2.75, 3.05) is 19.6 Å². The SMILES string of the molecule is CC(C)(C)OC(=O)NCCC1CCCN(C(=O)c2ccc(F)c(F)c2F)C1. The fourth-order valence-corrected chi connectivity index (χ4v) is 3.04. The molecule has 8 heteroatoms. The van der Waals surface area contributed by atoms with Crippen molar-refractivity contribution < 1.29 is 27.5 Å². The number of carbonyl (C=O) groups excluding carboxylic acids is 2. The Hall–Kier alpha value is -2.25. The van der Waals surface area contributed by atoms with Crippen LogP contribution in [0.2, 0.25) is 0 Å². The number of hydrogen-bond donors (Lipinski definition) is 1.